The molecule has 1 aromatic rings. The molecule has 1 aliphatic carbocycles. The monoisotopic (exact) mass is 425 g/mol. The number of nitrogens with zero attached hydrogens (tertiary/aromatic N) is 2. The van der Waals surface area contributed by atoms with Crippen molar-refractivity contribution in [2.24, 2.45) is 5.92 Å². The smallest absolute Gasteiger partial charge is 0.378 e. The molecule has 0 radical (unpaired) electrons. The second-order valence-electron chi connectivity index (χ2n) is 8.56. The van der Waals surface area contributed by atoms with Crippen molar-refractivity contribution in [3.05, 3.63) is 23.8 Å². The van der Waals surface area contributed by atoms with Gasteiger partial charge in [-0.05, 0) is 49.8 Å². The van der Waals surface area contributed by atoms with Crippen LogP contribution in [0.4, 0.5) is 29.3 Å². The van der Waals surface area contributed by atoms with Crippen molar-refractivity contribution < 1.29 is 22.7 Å². The number of hydrogen-bond acceptors (Lipinski definition) is 3. The van der Waals surface area contributed by atoms with Crippen molar-refractivity contribution in [1.82, 2.24) is 4.90 Å². The summed E-state index contributed by atoms with van der Waals surface area (Å²) in [7, 11) is 0. The van der Waals surface area contributed by atoms with Crippen LogP contribution < -0.4 is 10.2 Å². The van der Waals surface area contributed by atoms with Crippen LogP contribution in [-0.2, 0) is 10.9 Å². The van der Waals surface area contributed by atoms with Crippen LogP contribution in [0, 0.1) is 5.92 Å². The van der Waals surface area contributed by atoms with Gasteiger partial charge >= 0.3 is 12.2 Å². The molecule has 8 heteroatoms. The fourth-order valence-electron chi connectivity index (χ4n) is 5.13. The minimum Gasteiger partial charge on any atom is -0.378 e. The van der Waals surface area contributed by atoms with E-state index in [9.17, 15) is 18.0 Å². The van der Waals surface area contributed by atoms with E-state index >= 15 is 0 Å². The molecule has 2 amide bonds. The molecule has 1 aromatic carbocycles. The molecule has 166 valence electrons. The average Bonchev–Trinajstić information content (AvgIpc) is 3.24. The Kier molecular flexibility index (Phi) is 6.41. The van der Waals surface area contributed by atoms with Gasteiger partial charge in [-0.2, -0.15) is 13.2 Å². The van der Waals surface area contributed by atoms with Crippen molar-refractivity contribution >= 4 is 17.4 Å². The molecule has 2 heterocycles. The first-order chi connectivity index (χ1) is 14.4. The lowest BCUT2D eigenvalue weighted by molar-refractivity contribution is -0.137. The highest BCUT2D eigenvalue weighted by Gasteiger charge is 2.36. The molecule has 5 nitrogen and oxygen atoms in total. The number of rotatable bonds is 3. The maximum absolute atomic E-state index is 13.3. The van der Waals surface area contributed by atoms with E-state index < -0.39 is 11.7 Å². The van der Waals surface area contributed by atoms with Crippen LogP contribution >= 0.6 is 0 Å². The molecule has 0 bridgehead atoms. The van der Waals surface area contributed by atoms with E-state index in [-0.39, 0.29) is 17.8 Å². The first-order valence-corrected chi connectivity index (χ1v) is 11.0. The number of anilines is 2. The van der Waals surface area contributed by atoms with Gasteiger partial charge in [0, 0.05) is 25.7 Å². The third-order valence-corrected chi connectivity index (χ3v) is 6.67. The highest BCUT2D eigenvalue weighted by molar-refractivity contribution is 5.94. The van der Waals surface area contributed by atoms with Crippen molar-refractivity contribution in [2.45, 2.75) is 57.2 Å². The zero-order valence-electron chi connectivity index (χ0n) is 17.2. The highest BCUT2D eigenvalue weighted by atomic mass is 19.4. The predicted molar refractivity (Wildman–Crippen MR) is 110 cm³/mol. The van der Waals surface area contributed by atoms with Crippen LogP contribution in [0.25, 0.3) is 0 Å². The summed E-state index contributed by atoms with van der Waals surface area (Å²) in [5.41, 5.74) is 0.0964. The third-order valence-electron chi connectivity index (χ3n) is 6.67. The summed E-state index contributed by atoms with van der Waals surface area (Å²) < 4.78 is 45.4. The Morgan fingerprint density at radius 2 is 1.73 bits per heavy atom. The Labute approximate surface area is 175 Å². The zero-order valence-corrected chi connectivity index (χ0v) is 17.2. The molecule has 2 saturated heterocycles. The summed E-state index contributed by atoms with van der Waals surface area (Å²) in [5.74, 6) is 0.507. The molecule has 1 N–H and O–H groups in total. The number of alkyl halides is 3. The number of amides is 2. The van der Waals surface area contributed by atoms with Crippen LogP contribution in [0.2, 0.25) is 0 Å². The van der Waals surface area contributed by atoms with Gasteiger partial charge in [0.15, 0.2) is 0 Å². The van der Waals surface area contributed by atoms with E-state index in [4.69, 9.17) is 4.74 Å². The maximum atomic E-state index is 13.3. The van der Waals surface area contributed by atoms with Gasteiger partial charge in [0.1, 0.15) is 0 Å². The molecule has 1 atom stereocenters. The number of carbonyl (C=O) groups is 1. The number of benzene rings is 1. The Bertz CT molecular complexity index is 744. The van der Waals surface area contributed by atoms with E-state index in [1.54, 1.807) is 0 Å². The van der Waals surface area contributed by atoms with E-state index in [1.807, 2.05) is 9.80 Å². The van der Waals surface area contributed by atoms with Crippen LogP contribution in [0.5, 0.6) is 0 Å². The average molecular weight is 425 g/mol. The van der Waals surface area contributed by atoms with E-state index in [0.29, 0.717) is 44.5 Å². The van der Waals surface area contributed by atoms with Crippen molar-refractivity contribution in [1.29, 1.82) is 0 Å². The van der Waals surface area contributed by atoms with Crippen LogP contribution in [0.1, 0.15) is 50.5 Å². The zero-order chi connectivity index (χ0) is 21.1. The Hall–Kier alpha value is -1.96. The minimum atomic E-state index is -4.46. The van der Waals surface area contributed by atoms with Gasteiger partial charge in [-0.15, -0.1) is 0 Å². The van der Waals surface area contributed by atoms with Crippen LogP contribution in [0.3, 0.4) is 0 Å². The number of carbonyl (C=O) groups excluding carboxylic acids is 1. The van der Waals surface area contributed by atoms with Gasteiger partial charge in [-0.25, -0.2) is 4.79 Å². The molecular formula is C22H30F3N3O2. The number of urea groups is 1. The summed E-state index contributed by atoms with van der Waals surface area (Å²) in [4.78, 5) is 17.0. The number of hydrogen-bond donors (Lipinski definition) is 1. The first kappa shape index (κ1) is 21.3. The summed E-state index contributed by atoms with van der Waals surface area (Å²) in [6.45, 7) is 2.87. The summed E-state index contributed by atoms with van der Waals surface area (Å²) in [6, 6.07) is 3.53. The molecule has 0 spiro atoms. The van der Waals surface area contributed by atoms with E-state index in [2.05, 4.69) is 5.32 Å². The lowest BCUT2D eigenvalue weighted by Gasteiger charge is -2.35. The van der Waals surface area contributed by atoms with E-state index in [1.165, 1.54) is 25.3 Å². The molecule has 3 aliphatic rings. The van der Waals surface area contributed by atoms with Gasteiger partial charge in [0.2, 0.25) is 0 Å². The first-order valence-electron chi connectivity index (χ1n) is 11.0. The van der Waals surface area contributed by atoms with E-state index in [0.717, 1.165) is 37.8 Å². The van der Waals surface area contributed by atoms with Gasteiger partial charge < -0.3 is 19.9 Å². The summed E-state index contributed by atoms with van der Waals surface area (Å²) >= 11 is 0. The Morgan fingerprint density at radius 3 is 2.43 bits per heavy atom. The number of morpholine rings is 1. The standard InChI is InChI=1S/C22H30F3N3O2/c23-22(24,25)17-8-9-20(27-11-13-30-14-12-27)18(15-17)26-21(29)28-10-4-7-19(28)16-5-2-1-3-6-16/h8-9,15-16,19H,1-7,10-14H2,(H,26,29). The largest absolute Gasteiger partial charge is 0.416 e. The van der Waals surface area contributed by atoms with Gasteiger partial charge in [-0.3, -0.25) is 0 Å². The number of ether oxygens (including phenoxy) is 1. The fourth-order valence-corrected chi connectivity index (χ4v) is 5.13. The minimum absolute atomic E-state index is 0.197. The highest BCUT2D eigenvalue weighted by Crippen LogP contribution is 2.38. The Balaban J connectivity index is 1.56. The second kappa shape index (κ2) is 9.04. The molecule has 1 unspecified atom stereocenters. The molecular weight excluding hydrogens is 395 g/mol. The van der Waals surface area contributed by atoms with Crippen LogP contribution in [0.15, 0.2) is 18.2 Å². The lowest BCUT2D eigenvalue weighted by Crippen LogP contribution is -2.43. The van der Waals surface area contributed by atoms with Gasteiger partial charge in [0.05, 0.1) is 30.2 Å². The molecule has 2 aliphatic heterocycles. The molecule has 0 aromatic heterocycles. The van der Waals surface area contributed by atoms with Crippen molar-refractivity contribution in [3.8, 4) is 0 Å². The van der Waals surface area contributed by atoms with Gasteiger partial charge in [0.25, 0.3) is 0 Å². The number of nitrogens with one attached hydrogen (secondary N) is 1. The van der Waals surface area contributed by atoms with Crippen molar-refractivity contribution in [2.75, 3.05) is 43.1 Å². The molecule has 30 heavy (non-hydrogen) atoms. The fraction of sp³-hybridized carbons (Fsp3) is 0.682. The maximum Gasteiger partial charge on any atom is 0.416 e. The topological polar surface area (TPSA) is 44.8 Å². The quantitative estimate of drug-likeness (QED) is 0.731. The summed E-state index contributed by atoms with van der Waals surface area (Å²) in [6.07, 6.45) is 3.40. The normalized spacial score (nSPS) is 23.6. The molecule has 3 fully saturated rings. The number of likely N-dealkylation sites (tertiary alicyclic amines) is 1. The van der Waals surface area contributed by atoms with Crippen LogP contribution in [-0.4, -0.2) is 49.8 Å². The number of halogens is 3. The Morgan fingerprint density at radius 1 is 1.00 bits per heavy atom. The summed E-state index contributed by atoms with van der Waals surface area (Å²) in [5, 5.41) is 2.84. The second-order valence-corrected chi connectivity index (χ2v) is 8.56. The SMILES string of the molecule is O=C(Nc1cc(C(F)(F)F)ccc1N1CCOCC1)N1CCCC1C1CCCCC1. The molecule has 1 saturated carbocycles. The molecule has 4 rings (SSSR count). The predicted octanol–water partition coefficient (Wildman–Crippen LogP) is 5.12. The third kappa shape index (κ3) is 4.68. The lowest BCUT2D eigenvalue weighted by atomic mass is 9.83. The van der Waals surface area contributed by atoms with Gasteiger partial charge in [-0.1, -0.05) is 19.3 Å². The van der Waals surface area contributed by atoms with Crippen molar-refractivity contribution in [3.63, 3.8) is 0 Å².